The Labute approximate surface area is 149 Å². The van der Waals surface area contributed by atoms with Gasteiger partial charge in [0.15, 0.2) is 0 Å². The van der Waals surface area contributed by atoms with Crippen molar-refractivity contribution in [1.29, 1.82) is 0 Å². The molecule has 1 aromatic rings. The zero-order chi connectivity index (χ0) is 18.7. The number of carboxylic acids is 1. The Morgan fingerprint density at radius 1 is 1.32 bits per heavy atom. The monoisotopic (exact) mass is 348 g/mol. The van der Waals surface area contributed by atoms with Crippen molar-refractivity contribution in [3.05, 3.63) is 35.9 Å². The van der Waals surface area contributed by atoms with Gasteiger partial charge in [0.1, 0.15) is 11.1 Å². The van der Waals surface area contributed by atoms with E-state index in [0.717, 1.165) is 5.56 Å². The number of carbonyl (C=O) groups excluding carboxylic acids is 1. The van der Waals surface area contributed by atoms with E-state index in [9.17, 15) is 14.7 Å². The molecular formula is C19H28N2O4. The van der Waals surface area contributed by atoms with E-state index in [4.69, 9.17) is 4.74 Å². The van der Waals surface area contributed by atoms with E-state index >= 15 is 0 Å². The summed E-state index contributed by atoms with van der Waals surface area (Å²) in [6.45, 7) is 8.77. The molecule has 2 unspecified atom stereocenters. The number of nitrogens with one attached hydrogen (secondary N) is 1. The fourth-order valence-corrected chi connectivity index (χ4v) is 3.22. The van der Waals surface area contributed by atoms with E-state index in [1.807, 2.05) is 37.3 Å². The summed E-state index contributed by atoms with van der Waals surface area (Å²) in [6.07, 6.45) is -0.216. The van der Waals surface area contributed by atoms with Gasteiger partial charge in [-0.15, -0.1) is 0 Å². The van der Waals surface area contributed by atoms with Gasteiger partial charge in [-0.3, -0.25) is 4.90 Å². The highest BCUT2D eigenvalue weighted by atomic mass is 16.6. The van der Waals surface area contributed by atoms with Crippen molar-refractivity contribution in [2.75, 3.05) is 13.1 Å². The van der Waals surface area contributed by atoms with Crippen molar-refractivity contribution in [1.82, 2.24) is 10.2 Å². The van der Waals surface area contributed by atoms with E-state index in [2.05, 4.69) is 5.32 Å². The molecule has 2 atom stereocenters. The number of hydrogen-bond donors (Lipinski definition) is 2. The molecule has 1 aromatic carbocycles. The number of likely N-dealkylation sites (tertiary alicyclic amines) is 1. The van der Waals surface area contributed by atoms with Crippen LogP contribution in [0.3, 0.4) is 0 Å². The molecule has 6 nitrogen and oxygen atoms in total. The molecule has 2 rings (SSSR count). The van der Waals surface area contributed by atoms with Gasteiger partial charge in [-0.05, 0) is 39.3 Å². The number of aliphatic carboxylic acids is 1. The largest absolute Gasteiger partial charge is 0.479 e. The third-order valence-corrected chi connectivity index (χ3v) is 4.59. The maximum Gasteiger partial charge on any atom is 0.411 e. The molecule has 1 amide bonds. The molecular weight excluding hydrogens is 320 g/mol. The zero-order valence-corrected chi connectivity index (χ0v) is 15.4. The lowest BCUT2D eigenvalue weighted by molar-refractivity contribution is -0.170. The summed E-state index contributed by atoms with van der Waals surface area (Å²) in [5.41, 5.74) is -0.713. The summed E-state index contributed by atoms with van der Waals surface area (Å²) in [5, 5.41) is 13.1. The number of rotatable bonds is 6. The van der Waals surface area contributed by atoms with Crippen LogP contribution in [0.25, 0.3) is 0 Å². The van der Waals surface area contributed by atoms with Crippen LogP contribution in [0.2, 0.25) is 0 Å². The van der Waals surface area contributed by atoms with Crippen LogP contribution in [0, 0.1) is 5.92 Å². The maximum atomic E-state index is 12.4. The first-order chi connectivity index (χ1) is 11.7. The Morgan fingerprint density at radius 2 is 1.96 bits per heavy atom. The summed E-state index contributed by atoms with van der Waals surface area (Å²) in [6, 6.07) is 9.91. The molecule has 0 aliphatic carbocycles. The predicted molar refractivity (Wildman–Crippen MR) is 95.2 cm³/mol. The van der Waals surface area contributed by atoms with Crippen LogP contribution in [0.5, 0.6) is 0 Å². The van der Waals surface area contributed by atoms with Gasteiger partial charge in [0.05, 0.1) is 0 Å². The average molecular weight is 348 g/mol. The third-order valence-electron chi connectivity index (χ3n) is 4.59. The molecule has 138 valence electrons. The van der Waals surface area contributed by atoms with Crippen LogP contribution in [-0.2, 0) is 16.1 Å². The molecule has 6 heteroatoms. The first-order valence-electron chi connectivity index (χ1n) is 8.65. The van der Waals surface area contributed by atoms with Gasteiger partial charge in [0, 0.05) is 19.0 Å². The summed E-state index contributed by atoms with van der Waals surface area (Å²) < 4.78 is 5.37. The van der Waals surface area contributed by atoms with Crippen molar-refractivity contribution < 1.29 is 19.4 Å². The van der Waals surface area contributed by atoms with E-state index < -0.39 is 23.2 Å². The van der Waals surface area contributed by atoms with Crippen molar-refractivity contribution in [3.8, 4) is 0 Å². The molecule has 0 spiro atoms. The number of benzene rings is 1. The molecule has 0 bridgehead atoms. The quantitative estimate of drug-likeness (QED) is 0.773. The van der Waals surface area contributed by atoms with Gasteiger partial charge in [-0.25, -0.2) is 9.59 Å². The smallest absolute Gasteiger partial charge is 0.411 e. The van der Waals surface area contributed by atoms with E-state index in [1.54, 1.807) is 20.8 Å². The fraction of sp³-hybridized carbons (Fsp3) is 0.579. The average Bonchev–Trinajstić information content (AvgIpc) is 2.51. The number of carbonyl (C=O) groups is 2. The second-order valence-corrected chi connectivity index (χ2v) is 7.63. The molecule has 2 N–H and O–H groups in total. The van der Waals surface area contributed by atoms with Crippen LogP contribution in [0.4, 0.5) is 4.79 Å². The fourth-order valence-electron chi connectivity index (χ4n) is 3.22. The Hall–Kier alpha value is -2.08. The van der Waals surface area contributed by atoms with Crippen molar-refractivity contribution in [2.45, 2.75) is 51.8 Å². The van der Waals surface area contributed by atoms with Gasteiger partial charge in [0.25, 0.3) is 0 Å². The molecule has 1 heterocycles. The first-order valence-corrected chi connectivity index (χ1v) is 8.65. The zero-order valence-electron chi connectivity index (χ0n) is 15.4. The highest BCUT2D eigenvalue weighted by Crippen LogP contribution is 2.40. The van der Waals surface area contributed by atoms with Crippen LogP contribution < -0.4 is 5.32 Å². The molecule has 25 heavy (non-hydrogen) atoms. The van der Waals surface area contributed by atoms with E-state index in [1.165, 1.54) is 4.90 Å². The molecule has 1 saturated heterocycles. The van der Waals surface area contributed by atoms with E-state index in [-0.39, 0.29) is 5.92 Å². The highest BCUT2D eigenvalue weighted by Gasteiger charge is 2.59. The van der Waals surface area contributed by atoms with Crippen molar-refractivity contribution >= 4 is 12.1 Å². The topological polar surface area (TPSA) is 78.9 Å². The predicted octanol–water partition coefficient (Wildman–Crippen LogP) is 2.88. The Bertz CT molecular complexity index is 612. The number of hydrogen-bond acceptors (Lipinski definition) is 4. The minimum absolute atomic E-state index is 0.115. The van der Waals surface area contributed by atoms with Crippen LogP contribution >= 0.6 is 0 Å². The third kappa shape index (κ3) is 4.31. The number of nitrogens with zero attached hydrogens (tertiary/aromatic N) is 1. The minimum atomic E-state index is -1.20. The lowest BCUT2D eigenvalue weighted by atomic mass is 9.73. The van der Waals surface area contributed by atoms with E-state index in [0.29, 0.717) is 26.1 Å². The molecule has 1 aliphatic rings. The lowest BCUT2D eigenvalue weighted by Crippen LogP contribution is -2.73. The van der Waals surface area contributed by atoms with Crippen LogP contribution in [-0.4, -0.2) is 46.3 Å². The molecule has 1 fully saturated rings. The molecule has 0 saturated carbocycles. The molecule has 1 aliphatic heterocycles. The first kappa shape index (κ1) is 19.2. The van der Waals surface area contributed by atoms with Gasteiger partial charge >= 0.3 is 12.1 Å². The highest BCUT2D eigenvalue weighted by molar-refractivity contribution is 5.87. The van der Waals surface area contributed by atoms with Gasteiger partial charge in [-0.1, -0.05) is 37.3 Å². The molecule has 0 radical (unpaired) electrons. The summed E-state index contributed by atoms with van der Waals surface area (Å²) >= 11 is 0. The normalized spacial score (nSPS) is 23.0. The van der Waals surface area contributed by atoms with Gasteiger partial charge in [-0.2, -0.15) is 0 Å². The summed E-state index contributed by atoms with van der Waals surface area (Å²) in [5.74, 6) is -1.09. The summed E-state index contributed by atoms with van der Waals surface area (Å²) in [4.78, 5) is 25.7. The molecule has 0 aromatic heterocycles. The number of amides is 1. The second-order valence-electron chi connectivity index (χ2n) is 7.63. The standard InChI is InChI=1S/C19H28N2O4/c1-14-13-21(17(24)25-18(2,3)4)19(14,16(22)23)10-11-20-12-15-8-6-5-7-9-15/h5-9,14,20H,10-13H2,1-4H3,(H,22,23). The van der Waals surface area contributed by atoms with Crippen molar-refractivity contribution in [3.63, 3.8) is 0 Å². The van der Waals surface area contributed by atoms with Crippen LogP contribution in [0.15, 0.2) is 30.3 Å². The van der Waals surface area contributed by atoms with Gasteiger partial charge < -0.3 is 15.2 Å². The van der Waals surface area contributed by atoms with Crippen molar-refractivity contribution in [2.24, 2.45) is 5.92 Å². The Morgan fingerprint density at radius 3 is 2.48 bits per heavy atom. The van der Waals surface area contributed by atoms with Gasteiger partial charge in [0.2, 0.25) is 0 Å². The Balaban J connectivity index is 1.98. The SMILES string of the molecule is CC1CN(C(=O)OC(C)(C)C)C1(CCNCc1ccccc1)C(=O)O. The minimum Gasteiger partial charge on any atom is -0.479 e. The Kier molecular flexibility index (Phi) is 5.72. The lowest BCUT2D eigenvalue weighted by Gasteiger charge is -2.54. The number of ether oxygens (including phenoxy) is 1. The maximum absolute atomic E-state index is 12.4. The van der Waals surface area contributed by atoms with Crippen LogP contribution in [0.1, 0.15) is 39.7 Å². The second kappa shape index (κ2) is 7.44. The number of carboxylic acid groups (broad SMARTS) is 1. The summed E-state index contributed by atoms with van der Waals surface area (Å²) in [7, 11) is 0.